The maximum Gasteiger partial charge on any atom is 0.180 e. The van der Waals surface area contributed by atoms with Crippen LogP contribution in [0.1, 0.15) is 18.5 Å². The maximum absolute atomic E-state index is 5.55. The molecule has 0 radical (unpaired) electrons. The Balaban J connectivity index is 1.58. The minimum Gasteiger partial charge on any atom is -0.377 e. The van der Waals surface area contributed by atoms with Gasteiger partial charge in [-0.2, -0.15) is 0 Å². The largest absolute Gasteiger partial charge is 0.377 e. The van der Waals surface area contributed by atoms with E-state index in [-0.39, 0.29) is 0 Å². The molecule has 4 nitrogen and oxygen atoms in total. The van der Waals surface area contributed by atoms with E-state index in [0.29, 0.717) is 11.2 Å². The summed E-state index contributed by atoms with van der Waals surface area (Å²) in [4.78, 5) is 4.21. The van der Waals surface area contributed by atoms with Gasteiger partial charge in [-0.05, 0) is 12.8 Å². The molecule has 0 spiro atoms. The van der Waals surface area contributed by atoms with Gasteiger partial charge in [-0.25, -0.2) is 4.98 Å². The van der Waals surface area contributed by atoms with E-state index in [1.165, 1.54) is 24.2 Å². The Kier molecular flexibility index (Phi) is 3.94. The Hall–Kier alpha value is -0.650. The zero-order valence-electron chi connectivity index (χ0n) is 8.74. The third kappa shape index (κ3) is 3.44. The molecule has 1 aliphatic rings. The van der Waals surface area contributed by atoms with E-state index in [1.54, 1.807) is 0 Å². The second-order valence-corrected chi connectivity index (χ2v) is 4.66. The number of rotatable bonds is 5. The number of anilines is 1. The van der Waals surface area contributed by atoms with Gasteiger partial charge in [0, 0.05) is 31.5 Å². The molecule has 2 heterocycles. The van der Waals surface area contributed by atoms with E-state index in [4.69, 9.17) is 10.5 Å². The van der Waals surface area contributed by atoms with Gasteiger partial charge in [0.2, 0.25) is 0 Å². The van der Waals surface area contributed by atoms with E-state index < -0.39 is 0 Å². The first-order valence-corrected chi connectivity index (χ1v) is 6.25. The van der Waals surface area contributed by atoms with Crippen molar-refractivity contribution < 1.29 is 4.74 Å². The number of nitrogen functional groups attached to an aromatic ring is 1. The molecule has 1 aromatic heterocycles. The summed E-state index contributed by atoms with van der Waals surface area (Å²) in [5, 5.41) is 6.06. The van der Waals surface area contributed by atoms with E-state index in [9.17, 15) is 0 Å². The maximum atomic E-state index is 5.55. The van der Waals surface area contributed by atoms with E-state index in [0.717, 1.165) is 31.8 Å². The average molecular weight is 227 g/mol. The fourth-order valence-corrected chi connectivity index (χ4v) is 2.32. The second-order valence-electron chi connectivity index (χ2n) is 3.77. The van der Waals surface area contributed by atoms with Crippen LogP contribution < -0.4 is 11.1 Å². The van der Waals surface area contributed by atoms with Gasteiger partial charge in [0.1, 0.15) is 0 Å². The van der Waals surface area contributed by atoms with E-state index in [1.807, 2.05) is 5.38 Å². The number of hydrogen-bond donors (Lipinski definition) is 2. The summed E-state index contributed by atoms with van der Waals surface area (Å²) in [7, 11) is 0. The average Bonchev–Trinajstić information content (AvgIpc) is 2.84. The Morgan fingerprint density at radius 2 is 2.60 bits per heavy atom. The summed E-state index contributed by atoms with van der Waals surface area (Å²) in [5.41, 5.74) is 6.63. The van der Waals surface area contributed by atoms with Gasteiger partial charge in [0.05, 0.1) is 11.8 Å². The number of thiazole rings is 1. The highest BCUT2D eigenvalue weighted by Gasteiger charge is 2.14. The molecule has 0 amide bonds. The van der Waals surface area contributed by atoms with Crippen LogP contribution >= 0.6 is 11.3 Å². The van der Waals surface area contributed by atoms with Crippen LogP contribution in [0.5, 0.6) is 0 Å². The van der Waals surface area contributed by atoms with Gasteiger partial charge in [0.25, 0.3) is 0 Å². The van der Waals surface area contributed by atoms with Gasteiger partial charge < -0.3 is 15.8 Å². The zero-order chi connectivity index (χ0) is 10.5. The lowest BCUT2D eigenvalue weighted by Gasteiger charge is -2.09. The Labute approximate surface area is 93.8 Å². The summed E-state index contributed by atoms with van der Waals surface area (Å²) in [6, 6.07) is 0. The van der Waals surface area contributed by atoms with Crippen LogP contribution in [0.2, 0.25) is 0 Å². The van der Waals surface area contributed by atoms with Crippen molar-refractivity contribution in [2.24, 2.45) is 0 Å². The van der Waals surface area contributed by atoms with Crippen LogP contribution in [-0.2, 0) is 11.2 Å². The molecule has 84 valence electrons. The number of aromatic nitrogens is 1. The molecule has 0 saturated carbocycles. The van der Waals surface area contributed by atoms with Gasteiger partial charge >= 0.3 is 0 Å². The number of nitrogens with two attached hydrogens (primary N) is 1. The Morgan fingerprint density at radius 1 is 1.67 bits per heavy atom. The van der Waals surface area contributed by atoms with Crippen molar-refractivity contribution in [3.8, 4) is 0 Å². The van der Waals surface area contributed by atoms with Crippen LogP contribution in [0.25, 0.3) is 0 Å². The van der Waals surface area contributed by atoms with Crippen LogP contribution in [0.4, 0.5) is 5.13 Å². The molecule has 0 aliphatic carbocycles. The van der Waals surface area contributed by atoms with Gasteiger partial charge in [-0.15, -0.1) is 11.3 Å². The fourth-order valence-electron chi connectivity index (χ4n) is 1.72. The summed E-state index contributed by atoms with van der Waals surface area (Å²) >= 11 is 1.50. The molecule has 1 saturated heterocycles. The minimum atomic E-state index is 0.422. The van der Waals surface area contributed by atoms with Crippen LogP contribution in [0.15, 0.2) is 5.38 Å². The van der Waals surface area contributed by atoms with Crippen molar-refractivity contribution in [3.05, 3.63) is 11.1 Å². The van der Waals surface area contributed by atoms with E-state index in [2.05, 4.69) is 10.3 Å². The third-order valence-electron chi connectivity index (χ3n) is 2.52. The minimum absolute atomic E-state index is 0.422. The topological polar surface area (TPSA) is 60.2 Å². The van der Waals surface area contributed by atoms with Crippen molar-refractivity contribution in [2.75, 3.05) is 25.4 Å². The number of hydrogen-bond acceptors (Lipinski definition) is 5. The van der Waals surface area contributed by atoms with Gasteiger partial charge in [0.15, 0.2) is 5.13 Å². The Morgan fingerprint density at radius 3 is 3.27 bits per heavy atom. The molecule has 0 aromatic carbocycles. The molecular formula is C10H17N3OS. The zero-order valence-corrected chi connectivity index (χ0v) is 9.55. The second kappa shape index (κ2) is 5.44. The normalized spacial score (nSPS) is 20.9. The van der Waals surface area contributed by atoms with Crippen molar-refractivity contribution in [1.82, 2.24) is 10.3 Å². The predicted molar refractivity (Wildman–Crippen MR) is 62.1 cm³/mol. The first-order chi connectivity index (χ1) is 7.34. The Bertz CT molecular complexity index is 297. The first-order valence-electron chi connectivity index (χ1n) is 5.37. The fraction of sp³-hybridized carbons (Fsp3) is 0.700. The van der Waals surface area contributed by atoms with Gasteiger partial charge in [-0.1, -0.05) is 0 Å². The van der Waals surface area contributed by atoms with Crippen molar-refractivity contribution in [1.29, 1.82) is 0 Å². The van der Waals surface area contributed by atoms with Crippen molar-refractivity contribution in [2.45, 2.75) is 25.4 Å². The molecule has 1 aliphatic heterocycles. The van der Waals surface area contributed by atoms with Crippen molar-refractivity contribution >= 4 is 16.5 Å². The highest BCUT2D eigenvalue weighted by atomic mass is 32.1. The first kappa shape index (κ1) is 10.9. The van der Waals surface area contributed by atoms with Gasteiger partial charge in [-0.3, -0.25) is 0 Å². The summed E-state index contributed by atoms with van der Waals surface area (Å²) in [6.07, 6.45) is 3.76. The highest BCUT2D eigenvalue weighted by Crippen LogP contribution is 2.12. The predicted octanol–water partition coefficient (Wildman–Crippen LogP) is 1.04. The lowest BCUT2D eigenvalue weighted by atomic mass is 10.2. The lowest BCUT2D eigenvalue weighted by Crippen LogP contribution is -2.27. The standard InChI is InChI=1S/C10H17N3OS/c11-10-13-8(7-15-10)3-4-12-6-9-2-1-5-14-9/h7,9,12H,1-6H2,(H2,11,13). The molecule has 5 heteroatoms. The number of ether oxygens (including phenoxy) is 1. The molecule has 1 atom stereocenters. The molecule has 0 bridgehead atoms. The summed E-state index contributed by atoms with van der Waals surface area (Å²) in [6.45, 7) is 2.83. The molecule has 2 rings (SSSR count). The molecule has 15 heavy (non-hydrogen) atoms. The van der Waals surface area contributed by atoms with Crippen molar-refractivity contribution in [3.63, 3.8) is 0 Å². The monoisotopic (exact) mass is 227 g/mol. The molecule has 1 unspecified atom stereocenters. The molecule has 1 fully saturated rings. The molecule has 3 N–H and O–H groups in total. The van der Waals surface area contributed by atoms with Crippen LogP contribution in [0.3, 0.4) is 0 Å². The quantitative estimate of drug-likeness (QED) is 0.738. The van der Waals surface area contributed by atoms with Crippen LogP contribution in [-0.4, -0.2) is 30.8 Å². The number of nitrogens with zero attached hydrogens (tertiary/aromatic N) is 1. The van der Waals surface area contributed by atoms with E-state index >= 15 is 0 Å². The smallest absolute Gasteiger partial charge is 0.180 e. The van der Waals surface area contributed by atoms with Crippen LogP contribution in [0, 0.1) is 0 Å². The number of nitrogens with one attached hydrogen (secondary N) is 1. The SMILES string of the molecule is Nc1nc(CCNCC2CCCO2)cs1. The lowest BCUT2D eigenvalue weighted by molar-refractivity contribution is 0.110. The summed E-state index contributed by atoms with van der Waals surface area (Å²) < 4.78 is 5.51. The molecular weight excluding hydrogens is 210 g/mol. The summed E-state index contributed by atoms with van der Waals surface area (Å²) in [5.74, 6) is 0. The highest BCUT2D eigenvalue weighted by molar-refractivity contribution is 7.13. The third-order valence-corrected chi connectivity index (χ3v) is 3.25. The molecule has 1 aromatic rings.